The Morgan fingerprint density at radius 3 is 1.65 bits per heavy atom. The van der Waals surface area contributed by atoms with E-state index in [9.17, 15) is 0 Å². The summed E-state index contributed by atoms with van der Waals surface area (Å²) < 4.78 is 17.9. The highest BCUT2D eigenvalue weighted by atomic mass is 28.5. The van der Waals surface area contributed by atoms with Gasteiger partial charge < -0.3 is 23.2 Å². The zero-order chi connectivity index (χ0) is 16.0. The molecule has 20 heavy (non-hydrogen) atoms. The van der Waals surface area contributed by atoms with Crippen LogP contribution in [0.25, 0.3) is 0 Å². The third kappa shape index (κ3) is 12.2. The van der Waals surface area contributed by atoms with Crippen molar-refractivity contribution in [2.45, 2.75) is 64.6 Å². The standard InChI is InChI=1S/C12H32O5Si3/c1-18(2,3)16-20(7,17-19(4,5)6)10-8-9-15-11-12(13)14/h12-14H,8-11H2,1-7H3. The normalized spacial score (nSPS) is 14.1. The largest absolute Gasteiger partial charge is 0.437 e. The lowest BCUT2D eigenvalue weighted by molar-refractivity contribution is -0.0945. The van der Waals surface area contributed by atoms with Gasteiger partial charge in [-0.3, -0.25) is 0 Å². The monoisotopic (exact) mass is 340 g/mol. The molecule has 0 fully saturated rings. The Balaban J connectivity index is 4.39. The molecule has 0 atom stereocenters. The van der Waals surface area contributed by atoms with Crippen LogP contribution in [0.4, 0.5) is 0 Å². The van der Waals surface area contributed by atoms with Gasteiger partial charge in [0, 0.05) is 6.61 Å². The molecule has 0 aliphatic rings. The molecule has 0 heterocycles. The minimum Gasteiger partial charge on any atom is -0.437 e. The van der Waals surface area contributed by atoms with Crippen molar-refractivity contribution >= 4 is 25.2 Å². The molecule has 0 aromatic heterocycles. The molecular formula is C12H32O5Si3. The van der Waals surface area contributed by atoms with Crippen molar-refractivity contribution in [1.29, 1.82) is 0 Å². The summed E-state index contributed by atoms with van der Waals surface area (Å²) in [6, 6.07) is 0.878. The Kier molecular flexibility index (Phi) is 8.36. The number of rotatable bonds is 10. The zero-order valence-electron chi connectivity index (χ0n) is 14.0. The lowest BCUT2D eigenvalue weighted by Crippen LogP contribution is -2.52. The molecule has 122 valence electrons. The Labute approximate surface area is 126 Å². The molecule has 0 saturated carbocycles. The Morgan fingerprint density at radius 2 is 1.30 bits per heavy atom. The van der Waals surface area contributed by atoms with Crippen LogP contribution in [0.15, 0.2) is 0 Å². The van der Waals surface area contributed by atoms with Gasteiger partial charge >= 0.3 is 8.56 Å². The summed E-state index contributed by atoms with van der Waals surface area (Å²) in [5.41, 5.74) is 0. The van der Waals surface area contributed by atoms with Gasteiger partial charge in [-0.1, -0.05) is 0 Å². The Morgan fingerprint density at radius 1 is 0.850 bits per heavy atom. The fraction of sp³-hybridized carbons (Fsp3) is 1.00. The highest BCUT2D eigenvalue weighted by molar-refractivity contribution is 6.87. The van der Waals surface area contributed by atoms with Crippen LogP contribution < -0.4 is 0 Å². The molecule has 0 bridgehead atoms. The van der Waals surface area contributed by atoms with E-state index in [1.54, 1.807) is 0 Å². The molecule has 5 nitrogen and oxygen atoms in total. The molecule has 0 rings (SSSR count). The predicted molar refractivity (Wildman–Crippen MR) is 88.9 cm³/mol. The maximum atomic E-state index is 8.72. The van der Waals surface area contributed by atoms with E-state index in [1.807, 2.05) is 0 Å². The molecule has 0 aromatic carbocycles. The summed E-state index contributed by atoms with van der Waals surface area (Å²) in [6.07, 6.45) is -0.570. The summed E-state index contributed by atoms with van der Waals surface area (Å²) in [4.78, 5) is 0. The summed E-state index contributed by atoms with van der Waals surface area (Å²) >= 11 is 0. The van der Waals surface area contributed by atoms with Gasteiger partial charge in [0.15, 0.2) is 22.9 Å². The molecule has 0 unspecified atom stereocenters. The molecule has 0 aliphatic heterocycles. The van der Waals surface area contributed by atoms with E-state index >= 15 is 0 Å². The minimum atomic E-state index is -2.18. The van der Waals surface area contributed by atoms with E-state index in [4.69, 9.17) is 23.2 Å². The van der Waals surface area contributed by atoms with E-state index in [0.717, 1.165) is 12.5 Å². The molecule has 0 spiro atoms. The van der Waals surface area contributed by atoms with Crippen LogP contribution in [0.1, 0.15) is 6.42 Å². The number of aliphatic hydroxyl groups is 2. The molecule has 0 radical (unpaired) electrons. The smallest absolute Gasteiger partial charge is 0.314 e. The third-order valence-electron chi connectivity index (χ3n) is 2.23. The van der Waals surface area contributed by atoms with Gasteiger partial charge in [-0.2, -0.15) is 0 Å². The van der Waals surface area contributed by atoms with E-state index in [-0.39, 0.29) is 6.61 Å². The van der Waals surface area contributed by atoms with Gasteiger partial charge in [0.2, 0.25) is 0 Å². The summed E-state index contributed by atoms with van der Waals surface area (Å²) in [7, 11) is -5.46. The van der Waals surface area contributed by atoms with Crippen LogP contribution in [-0.4, -0.2) is 54.9 Å². The van der Waals surface area contributed by atoms with Crippen LogP contribution in [0.3, 0.4) is 0 Å². The highest BCUT2D eigenvalue weighted by Gasteiger charge is 2.39. The second-order valence-corrected chi connectivity index (χ2v) is 20.1. The molecule has 0 aliphatic carbocycles. The van der Waals surface area contributed by atoms with Crippen LogP contribution >= 0.6 is 0 Å². The Hall–Kier alpha value is 0.451. The lowest BCUT2D eigenvalue weighted by atomic mass is 10.5. The second-order valence-electron chi connectivity index (χ2n) is 7.22. The van der Waals surface area contributed by atoms with Crippen LogP contribution in [0, 0.1) is 0 Å². The topological polar surface area (TPSA) is 68.2 Å². The number of aliphatic hydroxyl groups excluding tert-OH is 1. The first-order valence-electron chi connectivity index (χ1n) is 7.17. The van der Waals surface area contributed by atoms with E-state index in [0.29, 0.717) is 6.61 Å². The van der Waals surface area contributed by atoms with Gasteiger partial charge in [0.25, 0.3) is 0 Å². The van der Waals surface area contributed by atoms with Crippen LogP contribution in [0.2, 0.25) is 51.9 Å². The van der Waals surface area contributed by atoms with Crippen molar-refractivity contribution < 1.29 is 23.2 Å². The number of ether oxygens (including phenoxy) is 1. The quantitative estimate of drug-likeness (QED) is 0.363. The van der Waals surface area contributed by atoms with Crippen molar-refractivity contribution in [2.75, 3.05) is 13.2 Å². The van der Waals surface area contributed by atoms with Gasteiger partial charge in [-0.15, -0.1) is 0 Å². The average Bonchev–Trinajstić information content (AvgIpc) is 2.09. The summed E-state index contributed by atoms with van der Waals surface area (Å²) in [5, 5.41) is 17.4. The predicted octanol–water partition coefficient (Wildman–Crippen LogP) is 2.48. The fourth-order valence-corrected chi connectivity index (χ4v) is 14.6. The molecular weight excluding hydrogens is 308 g/mol. The first kappa shape index (κ1) is 20.5. The molecule has 0 saturated heterocycles. The number of hydrogen-bond donors (Lipinski definition) is 2. The SMILES string of the molecule is C[Si](C)(C)O[Si](C)(CCCOCC(O)O)O[Si](C)(C)C. The summed E-state index contributed by atoms with van der Waals surface area (Å²) in [6.45, 7) is 15.7. The van der Waals surface area contributed by atoms with Gasteiger partial charge in [-0.05, 0) is 58.3 Å². The minimum absolute atomic E-state index is 0.0397. The van der Waals surface area contributed by atoms with Crippen LogP contribution in [-0.2, 0) is 13.0 Å². The van der Waals surface area contributed by atoms with Gasteiger partial charge in [0.1, 0.15) is 0 Å². The van der Waals surface area contributed by atoms with Crippen molar-refractivity contribution in [3.8, 4) is 0 Å². The molecule has 0 amide bonds. The van der Waals surface area contributed by atoms with Crippen LogP contribution in [0.5, 0.6) is 0 Å². The van der Waals surface area contributed by atoms with Crippen molar-refractivity contribution in [2.24, 2.45) is 0 Å². The molecule has 0 aromatic rings. The third-order valence-corrected chi connectivity index (χ3v) is 11.8. The van der Waals surface area contributed by atoms with Gasteiger partial charge in [0.05, 0.1) is 6.61 Å². The maximum Gasteiger partial charge on any atom is 0.314 e. The van der Waals surface area contributed by atoms with E-state index in [2.05, 4.69) is 45.8 Å². The second kappa shape index (κ2) is 8.18. The first-order chi connectivity index (χ1) is 8.83. The zero-order valence-corrected chi connectivity index (χ0v) is 17.0. The average molecular weight is 341 g/mol. The van der Waals surface area contributed by atoms with Gasteiger partial charge in [-0.25, -0.2) is 0 Å². The molecule has 2 N–H and O–H groups in total. The lowest BCUT2D eigenvalue weighted by Gasteiger charge is -2.38. The van der Waals surface area contributed by atoms with Crippen molar-refractivity contribution in [3.05, 3.63) is 0 Å². The number of hydrogen-bond acceptors (Lipinski definition) is 5. The molecule has 8 heteroatoms. The van der Waals surface area contributed by atoms with Crippen molar-refractivity contribution in [3.63, 3.8) is 0 Å². The first-order valence-corrected chi connectivity index (χ1v) is 16.5. The van der Waals surface area contributed by atoms with E-state index < -0.39 is 31.5 Å². The highest BCUT2D eigenvalue weighted by Crippen LogP contribution is 2.25. The van der Waals surface area contributed by atoms with E-state index in [1.165, 1.54) is 0 Å². The fourth-order valence-electron chi connectivity index (χ4n) is 2.10. The summed E-state index contributed by atoms with van der Waals surface area (Å²) in [5.74, 6) is 0. The Bertz CT molecular complexity index is 257. The van der Waals surface area contributed by atoms with Crippen molar-refractivity contribution in [1.82, 2.24) is 0 Å². The maximum absolute atomic E-state index is 8.72.